The molecule has 15 heavy (non-hydrogen) atoms. The van der Waals surface area contributed by atoms with Gasteiger partial charge in [-0.25, -0.2) is 0 Å². The molecule has 1 heterocycles. The third-order valence-electron chi connectivity index (χ3n) is 3.42. The lowest BCUT2D eigenvalue weighted by atomic mass is 9.96. The highest BCUT2D eigenvalue weighted by Gasteiger charge is 2.19. The summed E-state index contributed by atoms with van der Waals surface area (Å²) in [6, 6.07) is 6.55. The van der Waals surface area contributed by atoms with Crippen molar-refractivity contribution in [3.05, 3.63) is 29.3 Å². The van der Waals surface area contributed by atoms with E-state index in [1.807, 2.05) is 0 Å². The molecular weight excluding hydrogens is 186 g/mol. The van der Waals surface area contributed by atoms with Gasteiger partial charge < -0.3 is 10.1 Å². The average molecular weight is 203 g/mol. The van der Waals surface area contributed by atoms with Gasteiger partial charge in [0.15, 0.2) is 0 Å². The first-order valence-electron chi connectivity index (χ1n) is 5.91. The van der Waals surface area contributed by atoms with Crippen LogP contribution in [0, 0.1) is 0 Å². The largest absolute Gasteiger partial charge is 0.490 e. The van der Waals surface area contributed by atoms with Crippen molar-refractivity contribution in [3.8, 4) is 5.75 Å². The number of hydrogen-bond acceptors (Lipinski definition) is 2. The summed E-state index contributed by atoms with van der Waals surface area (Å²) in [5.41, 5.74) is 2.90. The Bertz CT molecular complexity index is 358. The van der Waals surface area contributed by atoms with Crippen molar-refractivity contribution in [1.82, 2.24) is 5.32 Å². The lowest BCUT2D eigenvalue weighted by Crippen LogP contribution is -2.26. The van der Waals surface area contributed by atoms with Crippen LogP contribution in [0.2, 0.25) is 0 Å². The van der Waals surface area contributed by atoms with E-state index in [4.69, 9.17) is 4.74 Å². The number of fused-ring (bicyclic) bond motifs is 1. The van der Waals surface area contributed by atoms with Crippen molar-refractivity contribution >= 4 is 0 Å². The summed E-state index contributed by atoms with van der Waals surface area (Å²) >= 11 is 0. The van der Waals surface area contributed by atoms with Gasteiger partial charge in [0.25, 0.3) is 0 Å². The Morgan fingerprint density at radius 3 is 2.93 bits per heavy atom. The Labute approximate surface area is 90.6 Å². The quantitative estimate of drug-likeness (QED) is 0.796. The lowest BCUT2D eigenvalue weighted by Gasteiger charge is -2.27. The molecular formula is C13H17NO. The molecule has 80 valence electrons. The van der Waals surface area contributed by atoms with Gasteiger partial charge in [0.2, 0.25) is 0 Å². The molecule has 0 amide bonds. The van der Waals surface area contributed by atoms with Gasteiger partial charge in [-0.1, -0.05) is 6.07 Å². The first-order valence-corrected chi connectivity index (χ1v) is 5.91. The normalized spacial score (nSPS) is 20.5. The maximum Gasteiger partial charge on any atom is 0.120 e. The highest BCUT2D eigenvalue weighted by molar-refractivity contribution is 5.37. The summed E-state index contributed by atoms with van der Waals surface area (Å²) in [4.78, 5) is 0. The van der Waals surface area contributed by atoms with E-state index in [1.165, 1.54) is 30.4 Å². The van der Waals surface area contributed by atoms with Crippen LogP contribution in [0.3, 0.4) is 0 Å². The van der Waals surface area contributed by atoms with E-state index in [-0.39, 0.29) is 0 Å². The Hall–Kier alpha value is -1.02. The molecule has 0 bridgehead atoms. The maximum absolute atomic E-state index is 5.90. The number of ether oxygens (including phenoxy) is 1. The molecule has 1 saturated carbocycles. The van der Waals surface area contributed by atoms with Crippen molar-refractivity contribution in [2.75, 3.05) is 6.54 Å². The molecule has 1 fully saturated rings. The number of hydrogen-bond donors (Lipinski definition) is 1. The Kier molecular flexibility index (Phi) is 2.37. The summed E-state index contributed by atoms with van der Waals surface area (Å²) in [5, 5.41) is 3.38. The molecule has 1 aliphatic heterocycles. The van der Waals surface area contributed by atoms with E-state index in [0.29, 0.717) is 6.10 Å². The van der Waals surface area contributed by atoms with Crippen LogP contribution in [0.15, 0.2) is 18.2 Å². The molecule has 2 heteroatoms. The average Bonchev–Trinajstić information content (AvgIpc) is 2.23. The monoisotopic (exact) mass is 203 g/mol. The van der Waals surface area contributed by atoms with Gasteiger partial charge in [-0.2, -0.15) is 0 Å². The molecule has 2 nitrogen and oxygen atoms in total. The zero-order valence-corrected chi connectivity index (χ0v) is 8.96. The van der Waals surface area contributed by atoms with Crippen molar-refractivity contribution in [2.45, 2.75) is 38.3 Å². The summed E-state index contributed by atoms with van der Waals surface area (Å²) in [5.74, 6) is 1.07. The fourth-order valence-corrected chi connectivity index (χ4v) is 2.21. The van der Waals surface area contributed by atoms with Crippen LogP contribution in [0.5, 0.6) is 5.75 Å². The molecule has 0 unspecified atom stereocenters. The summed E-state index contributed by atoms with van der Waals surface area (Å²) in [6.07, 6.45) is 5.43. The lowest BCUT2D eigenvalue weighted by molar-refractivity contribution is 0.120. The molecule has 0 spiro atoms. The van der Waals surface area contributed by atoms with E-state index < -0.39 is 0 Å². The molecule has 0 aromatic heterocycles. The predicted molar refractivity (Wildman–Crippen MR) is 60.1 cm³/mol. The second-order valence-electron chi connectivity index (χ2n) is 4.53. The molecule has 0 saturated heterocycles. The molecule has 1 aliphatic carbocycles. The molecule has 2 aliphatic rings. The Morgan fingerprint density at radius 2 is 2.13 bits per heavy atom. The smallest absolute Gasteiger partial charge is 0.120 e. The van der Waals surface area contributed by atoms with Gasteiger partial charge >= 0.3 is 0 Å². The minimum atomic E-state index is 0.491. The van der Waals surface area contributed by atoms with Crippen LogP contribution < -0.4 is 10.1 Å². The number of rotatable bonds is 2. The fraction of sp³-hybridized carbons (Fsp3) is 0.538. The molecule has 1 aromatic carbocycles. The number of nitrogens with one attached hydrogen (secondary N) is 1. The van der Waals surface area contributed by atoms with E-state index in [2.05, 4.69) is 23.5 Å². The second kappa shape index (κ2) is 3.86. The summed E-state index contributed by atoms with van der Waals surface area (Å²) in [7, 11) is 0. The molecule has 3 rings (SSSR count). The zero-order valence-electron chi connectivity index (χ0n) is 8.96. The highest BCUT2D eigenvalue weighted by Crippen LogP contribution is 2.27. The van der Waals surface area contributed by atoms with Gasteiger partial charge in [0.05, 0.1) is 6.10 Å². The molecule has 1 N–H and O–H groups in total. The second-order valence-corrected chi connectivity index (χ2v) is 4.53. The van der Waals surface area contributed by atoms with Crippen molar-refractivity contribution in [3.63, 3.8) is 0 Å². The van der Waals surface area contributed by atoms with Gasteiger partial charge in [0, 0.05) is 6.54 Å². The van der Waals surface area contributed by atoms with E-state index in [1.54, 1.807) is 0 Å². The fourth-order valence-electron chi connectivity index (χ4n) is 2.21. The third-order valence-corrected chi connectivity index (χ3v) is 3.42. The van der Waals surface area contributed by atoms with Gasteiger partial charge in [0.1, 0.15) is 5.75 Å². The first kappa shape index (κ1) is 9.22. The van der Waals surface area contributed by atoms with Crippen molar-refractivity contribution in [2.24, 2.45) is 0 Å². The maximum atomic E-state index is 5.90. The molecule has 1 aromatic rings. The highest BCUT2D eigenvalue weighted by atomic mass is 16.5. The van der Waals surface area contributed by atoms with Gasteiger partial charge in [-0.15, -0.1) is 0 Å². The summed E-state index contributed by atoms with van der Waals surface area (Å²) < 4.78 is 5.90. The van der Waals surface area contributed by atoms with Crippen LogP contribution in [0.4, 0.5) is 0 Å². The van der Waals surface area contributed by atoms with Gasteiger partial charge in [-0.05, 0) is 55.5 Å². The van der Waals surface area contributed by atoms with Crippen LogP contribution in [0.25, 0.3) is 0 Å². The summed E-state index contributed by atoms with van der Waals surface area (Å²) in [6.45, 7) is 2.11. The first-order chi connectivity index (χ1) is 7.42. The van der Waals surface area contributed by atoms with Crippen molar-refractivity contribution < 1.29 is 4.74 Å². The Balaban J connectivity index is 1.77. The van der Waals surface area contributed by atoms with E-state index in [9.17, 15) is 0 Å². The van der Waals surface area contributed by atoms with Crippen LogP contribution >= 0.6 is 0 Å². The number of benzene rings is 1. The van der Waals surface area contributed by atoms with Crippen LogP contribution in [-0.2, 0) is 13.0 Å². The minimum Gasteiger partial charge on any atom is -0.490 e. The predicted octanol–water partition coefficient (Wildman–Crippen LogP) is 2.26. The van der Waals surface area contributed by atoms with Crippen LogP contribution in [-0.4, -0.2) is 12.6 Å². The zero-order chi connectivity index (χ0) is 10.1. The molecule has 0 atom stereocenters. The third kappa shape index (κ3) is 1.86. The van der Waals surface area contributed by atoms with Crippen LogP contribution in [0.1, 0.15) is 30.4 Å². The minimum absolute atomic E-state index is 0.491. The standard InChI is InChI=1S/C13H17NO/c1-2-12(3-1)15-13-5-4-11-9-14-7-6-10(11)8-13/h4-5,8,12,14H,1-3,6-7,9H2. The SMILES string of the molecule is c1cc2c(cc1OC1CCC1)CCNC2. The van der Waals surface area contributed by atoms with Crippen molar-refractivity contribution in [1.29, 1.82) is 0 Å². The van der Waals surface area contributed by atoms with E-state index >= 15 is 0 Å². The topological polar surface area (TPSA) is 21.3 Å². The van der Waals surface area contributed by atoms with E-state index in [0.717, 1.165) is 25.3 Å². The molecule has 0 radical (unpaired) electrons. The van der Waals surface area contributed by atoms with Gasteiger partial charge in [-0.3, -0.25) is 0 Å². The Morgan fingerprint density at radius 1 is 1.20 bits per heavy atom.